The van der Waals surface area contributed by atoms with Gasteiger partial charge in [-0.05, 0) is 105 Å². The average Bonchev–Trinajstić information content (AvgIpc) is 2.91. The minimum Gasteiger partial charge on any atom is -0.393 e. The van der Waals surface area contributed by atoms with Crippen LogP contribution in [0.2, 0.25) is 0 Å². The molecular weight excluding hydrogens is 364 g/mol. The van der Waals surface area contributed by atoms with Crippen LogP contribution in [0.25, 0.3) is 0 Å². The van der Waals surface area contributed by atoms with Crippen molar-refractivity contribution in [2.45, 2.75) is 90.8 Å². The van der Waals surface area contributed by atoms with E-state index >= 15 is 0 Å². The maximum Gasteiger partial charge on any atom is 0.397 e. The van der Waals surface area contributed by atoms with Crippen LogP contribution < -0.4 is 0 Å². The lowest BCUT2D eigenvalue weighted by molar-refractivity contribution is -0.131. The van der Waals surface area contributed by atoms with E-state index in [4.69, 9.17) is 8.74 Å². The van der Waals surface area contributed by atoms with Gasteiger partial charge in [0.05, 0.1) is 12.2 Å². The Kier molecular flexibility index (Phi) is 4.98. The predicted octanol–water partition coefficient (Wildman–Crippen LogP) is 4.21. The van der Waals surface area contributed by atoms with E-state index in [0.717, 1.165) is 44.4 Å². The van der Waals surface area contributed by atoms with Crippen molar-refractivity contribution in [3.05, 3.63) is 0 Å². The van der Waals surface area contributed by atoms with Gasteiger partial charge in [0.15, 0.2) is 0 Å². The Morgan fingerprint density at radius 1 is 0.963 bits per heavy atom. The molecule has 156 valence electrons. The van der Waals surface area contributed by atoms with Crippen LogP contribution in [0.5, 0.6) is 0 Å². The molecule has 0 radical (unpaired) electrons. The predicted molar refractivity (Wildman–Crippen MR) is 103 cm³/mol. The van der Waals surface area contributed by atoms with Gasteiger partial charge in [0.2, 0.25) is 0 Å². The van der Waals surface area contributed by atoms with Crippen molar-refractivity contribution in [2.75, 3.05) is 0 Å². The van der Waals surface area contributed by atoms with Gasteiger partial charge >= 0.3 is 10.4 Å². The van der Waals surface area contributed by atoms with Crippen LogP contribution in [0.15, 0.2) is 0 Å². The zero-order valence-corrected chi connectivity index (χ0v) is 17.7. The van der Waals surface area contributed by atoms with Gasteiger partial charge < -0.3 is 5.11 Å². The standard InChI is InChI=1S/C21H36O5S/c1-13(26-27(23,24)25)17-6-7-18-16-5-4-14-12-15(22)8-10-20(14,2)19(16)9-11-21(17,18)3/h13-19,22H,4-12H2,1-3H3,(H,23,24,25)/t13-,14-,15-,16?,17+,18?,19?,20-,21+/m0/s1. The SMILES string of the molecule is C[C@H](OS(=O)(=O)O)[C@H]1CCC2C3CC[C@H]4C[C@@H](O)CC[C@]4(C)C3CC[C@@]21C. The van der Waals surface area contributed by atoms with Crippen molar-refractivity contribution < 1.29 is 22.3 Å². The van der Waals surface area contributed by atoms with Gasteiger partial charge in [-0.1, -0.05) is 13.8 Å². The first-order valence-corrected chi connectivity index (χ1v) is 12.2. The lowest BCUT2D eigenvalue weighted by Gasteiger charge is -2.61. The van der Waals surface area contributed by atoms with Crippen molar-refractivity contribution in [3.8, 4) is 0 Å². The summed E-state index contributed by atoms with van der Waals surface area (Å²) < 4.78 is 36.6. The van der Waals surface area contributed by atoms with Gasteiger partial charge in [-0.3, -0.25) is 4.55 Å². The number of fused-ring (bicyclic) bond motifs is 5. The summed E-state index contributed by atoms with van der Waals surface area (Å²) in [5.41, 5.74) is 0.459. The quantitative estimate of drug-likeness (QED) is 0.693. The van der Waals surface area contributed by atoms with E-state index < -0.39 is 16.5 Å². The number of aliphatic hydroxyl groups is 1. The molecule has 6 heteroatoms. The van der Waals surface area contributed by atoms with Crippen LogP contribution in [0, 0.1) is 40.4 Å². The maximum absolute atomic E-state index is 11.2. The molecule has 27 heavy (non-hydrogen) atoms. The Morgan fingerprint density at radius 2 is 1.63 bits per heavy atom. The summed E-state index contributed by atoms with van der Waals surface area (Å²) in [5.74, 6) is 2.91. The molecule has 2 N–H and O–H groups in total. The zero-order chi connectivity index (χ0) is 19.6. The largest absolute Gasteiger partial charge is 0.397 e. The summed E-state index contributed by atoms with van der Waals surface area (Å²) in [4.78, 5) is 0. The second kappa shape index (κ2) is 6.68. The first-order chi connectivity index (χ1) is 12.5. The normalized spacial score (nSPS) is 51.1. The Morgan fingerprint density at radius 3 is 2.33 bits per heavy atom. The fourth-order valence-corrected chi connectivity index (χ4v) is 8.82. The third kappa shape index (κ3) is 3.28. The third-order valence-electron chi connectivity index (χ3n) is 9.55. The molecule has 0 amide bonds. The van der Waals surface area contributed by atoms with E-state index in [2.05, 4.69) is 13.8 Å². The molecule has 0 bridgehead atoms. The van der Waals surface area contributed by atoms with Crippen LogP contribution in [0.1, 0.15) is 78.6 Å². The minimum atomic E-state index is -4.40. The first kappa shape index (κ1) is 20.1. The van der Waals surface area contributed by atoms with Crippen LogP contribution in [-0.4, -0.2) is 30.3 Å². The molecule has 0 aromatic rings. The van der Waals surface area contributed by atoms with Gasteiger partial charge in [-0.15, -0.1) is 0 Å². The zero-order valence-electron chi connectivity index (χ0n) is 16.9. The molecule has 4 aliphatic carbocycles. The van der Waals surface area contributed by atoms with Crippen molar-refractivity contribution >= 4 is 10.4 Å². The first-order valence-electron chi connectivity index (χ1n) is 10.9. The Labute approximate surface area is 164 Å². The third-order valence-corrected chi connectivity index (χ3v) is 10.1. The molecule has 3 unspecified atom stereocenters. The second-order valence-electron chi connectivity index (χ2n) is 10.5. The van der Waals surface area contributed by atoms with Crippen molar-refractivity contribution in [2.24, 2.45) is 40.4 Å². The summed E-state index contributed by atoms with van der Waals surface area (Å²) in [6, 6.07) is 0. The average molecular weight is 401 g/mol. The molecule has 0 aromatic heterocycles. The summed E-state index contributed by atoms with van der Waals surface area (Å²) in [7, 11) is -4.40. The lowest BCUT2D eigenvalue weighted by atomic mass is 9.44. The van der Waals surface area contributed by atoms with Gasteiger partial charge in [-0.2, -0.15) is 8.42 Å². The highest BCUT2D eigenvalue weighted by atomic mass is 32.3. The molecule has 4 aliphatic rings. The second-order valence-corrected chi connectivity index (χ2v) is 11.6. The lowest BCUT2D eigenvalue weighted by Crippen LogP contribution is -2.54. The molecule has 9 atom stereocenters. The monoisotopic (exact) mass is 400 g/mol. The summed E-state index contributed by atoms with van der Waals surface area (Å²) in [5, 5.41) is 10.2. The minimum absolute atomic E-state index is 0.0999. The highest BCUT2D eigenvalue weighted by Crippen LogP contribution is 2.67. The van der Waals surface area contributed by atoms with Crippen molar-refractivity contribution in [3.63, 3.8) is 0 Å². The number of rotatable bonds is 3. The van der Waals surface area contributed by atoms with Gasteiger partial charge in [0.1, 0.15) is 0 Å². The molecule has 4 fully saturated rings. The van der Waals surface area contributed by atoms with Crippen LogP contribution in [0.4, 0.5) is 0 Å². The molecule has 0 aromatic carbocycles. The molecule has 5 nitrogen and oxygen atoms in total. The number of hydrogen-bond acceptors (Lipinski definition) is 4. The Bertz CT molecular complexity index is 678. The summed E-state index contributed by atoms with van der Waals surface area (Å²) >= 11 is 0. The summed E-state index contributed by atoms with van der Waals surface area (Å²) in [6.07, 6.45) is 9.42. The highest BCUT2D eigenvalue weighted by molar-refractivity contribution is 7.80. The number of aliphatic hydroxyl groups excluding tert-OH is 1. The van der Waals surface area contributed by atoms with Gasteiger partial charge in [-0.25, -0.2) is 4.18 Å². The van der Waals surface area contributed by atoms with Crippen LogP contribution >= 0.6 is 0 Å². The van der Waals surface area contributed by atoms with Crippen LogP contribution in [-0.2, 0) is 14.6 Å². The Hall–Kier alpha value is -0.170. The van der Waals surface area contributed by atoms with E-state index in [9.17, 15) is 13.5 Å². The van der Waals surface area contributed by atoms with Crippen molar-refractivity contribution in [1.29, 1.82) is 0 Å². The molecule has 4 rings (SSSR count). The molecule has 0 saturated heterocycles. The van der Waals surface area contributed by atoms with E-state index in [1.807, 2.05) is 0 Å². The highest BCUT2D eigenvalue weighted by Gasteiger charge is 2.61. The van der Waals surface area contributed by atoms with E-state index in [1.165, 1.54) is 19.3 Å². The fourth-order valence-electron chi connectivity index (χ4n) is 8.31. The molecular formula is C21H36O5S. The van der Waals surface area contributed by atoms with E-state index in [0.29, 0.717) is 23.2 Å². The van der Waals surface area contributed by atoms with Gasteiger partial charge in [0.25, 0.3) is 0 Å². The van der Waals surface area contributed by atoms with Gasteiger partial charge in [0, 0.05) is 0 Å². The number of hydrogen-bond donors (Lipinski definition) is 2. The topological polar surface area (TPSA) is 83.8 Å². The molecule has 0 aliphatic heterocycles. The van der Waals surface area contributed by atoms with E-state index in [1.54, 1.807) is 6.92 Å². The van der Waals surface area contributed by atoms with Crippen LogP contribution in [0.3, 0.4) is 0 Å². The smallest absolute Gasteiger partial charge is 0.393 e. The molecule has 0 spiro atoms. The fraction of sp³-hybridized carbons (Fsp3) is 1.00. The Balaban J connectivity index is 1.55. The maximum atomic E-state index is 11.2. The van der Waals surface area contributed by atoms with E-state index in [-0.39, 0.29) is 17.4 Å². The summed E-state index contributed by atoms with van der Waals surface area (Å²) in [6.45, 7) is 6.63. The molecule has 4 saturated carbocycles. The van der Waals surface area contributed by atoms with Crippen molar-refractivity contribution in [1.82, 2.24) is 0 Å². The molecule has 0 heterocycles.